The lowest BCUT2D eigenvalue weighted by atomic mass is 9.99. The molecule has 26 heavy (non-hydrogen) atoms. The van der Waals surface area contributed by atoms with Crippen molar-refractivity contribution in [2.75, 3.05) is 17.2 Å². The second kappa shape index (κ2) is 7.51. The fraction of sp³-hybridized carbons (Fsp3) is 0.263. The maximum Gasteiger partial charge on any atom is 0.323 e. The molecule has 2 aromatic carbocycles. The van der Waals surface area contributed by atoms with Crippen LogP contribution in [-0.2, 0) is 17.8 Å². The first-order chi connectivity index (χ1) is 12.5. The number of halogens is 2. The summed E-state index contributed by atoms with van der Waals surface area (Å²) in [5.74, 6) is -1.61. The van der Waals surface area contributed by atoms with Gasteiger partial charge in [0.15, 0.2) is 0 Å². The van der Waals surface area contributed by atoms with Crippen molar-refractivity contribution in [3.63, 3.8) is 0 Å². The highest BCUT2D eigenvalue weighted by molar-refractivity contribution is 6.00. The van der Waals surface area contributed by atoms with E-state index in [1.165, 1.54) is 6.07 Å². The van der Waals surface area contributed by atoms with Crippen LogP contribution in [0, 0.1) is 11.6 Å². The van der Waals surface area contributed by atoms with Gasteiger partial charge in [0.05, 0.1) is 0 Å². The fourth-order valence-electron chi connectivity index (χ4n) is 2.96. The van der Waals surface area contributed by atoms with Crippen LogP contribution in [0.1, 0.15) is 24.5 Å². The molecule has 5 nitrogen and oxygen atoms in total. The summed E-state index contributed by atoms with van der Waals surface area (Å²) in [6.45, 7) is 2.99. The molecule has 0 aromatic heterocycles. The van der Waals surface area contributed by atoms with E-state index in [9.17, 15) is 18.4 Å². The third-order valence-corrected chi connectivity index (χ3v) is 4.33. The van der Waals surface area contributed by atoms with Gasteiger partial charge in [0.2, 0.25) is 5.91 Å². The molecule has 0 saturated carbocycles. The van der Waals surface area contributed by atoms with E-state index >= 15 is 0 Å². The minimum atomic E-state index is -0.848. The monoisotopic (exact) mass is 359 g/mol. The lowest BCUT2D eigenvalue weighted by molar-refractivity contribution is -0.131. The molecule has 0 bridgehead atoms. The van der Waals surface area contributed by atoms with Crippen molar-refractivity contribution in [3.05, 3.63) is 59.2 Å². The van der Waals surface area contributed by atoms with Crippen LogP contribution in [0.15, 0.2) is 36.4 Å². The molecule has 0 saturated heterocycles. The van der Waals surface area contributed by atoms with E-state index in [1.54, 1.807) is 17.0 Å². The van der Waals surface area contributed by atoms with Crippen molar-refractivity contribution in [1.82, 2.24) is 4.90 Å². The largest absolute Gasteiger partial charge is 0.338 e. The Morgan fingerprint density at radius 2 is 1.81 bits per heavy atom. The van der Waals surface area contributed by atoms with Crippen molar-refractivity contribution in [2.45, 2.75) is 26.3 Å². The molecule has 0 atom stereocenters. The van der Waals surface area contributed by atoms with E-state index < -0.39 is 23.4 Å². The number of nitrogens with zero attached hydrogens (tertiary/aromatic N) is 1. The third-order valence-electron chi connectivity index (χ3n) is 4.33. The summed E-state index contributed by atoms with van der Waals surface area (Å²) in [5, 5.41) is 4.74. The Balaban J connectivity index is 1.71. The minimum Gasteiger partial charge on any atom is -0.338 e. The summed E-state index contributed by atoms with van der Waals surface area (Å²) in [6, 6.07) is 8.01. The predicted octanol–water partition coefficient (Wildman–Crippen LogP) is 3.90. The van der Waals surface area contributed by atoms with Gasteiger partial charge in [0.1, 0.15) is 17.3 Å². The first-order valence-corrected chi connectivity index (χ1v) is 8.39. The normalized spacial score (nSPS) is 13.1. The first-order valence-electron chi connectivity index (χ1n) is 8.39. The number of para-hydroxylation sites is 1. The Morgan fingerprint density at radius 1 is 1.08 bits per heavy atom. The quantitative estimate of drug-likeness (QED) is 0.873. The molecule has 7 heteroatoms. The smallest absolute Gasteiger partial charge is 0.323 e. The van der Waals surface area contributed by atoms with Crippen LogP contribution in [0.4, 0.5) is 25.0 Å². The Bertz CT molecular complexity index is 834. The molecular formula is C19H19F2N3O2. The number of amides is 3. The van der Waals surface area contributed by atoms with Crippen LogP contribution in [0.25, 0.3) is 0 Å². The summed E-state index contributed by atoms with van der Waals surface area (Å²) < 4.78 is 27.2. The molecule has 0 aliphatic carbocycles. The minimum absolute atomic E-state index is 0.0850. The number of rotatable bonds is 3. The van der Waals surface area contributed by atoms with Crippen LogP contribution in [0.3, 0.4) is 0 Å². The van der Waals surface area contributed by atoms with Gasteiger partial charge < -0.3 is 15.5 Å². The van der Waals surface area contributed by atoms with Crippen LogP contribution in [-0.4, -0.2) is 23.4 Å². The zero-order valence-electron chi connectivity index (χ0n) is 14.3. The van der Waals surface area contributed by atoms with E-state index in [4.69, 9.17) is 0 Å². The van der Waals surface area contributed by atoms with E-state index in [0.29, 0.717) is 25.2 Å². The zero-order valence-corrected chi connectivity index (χ0v) is 14.3. The highest BCUT2D eigenvalue weighted by Crippen LogP contribution is 2.24. The van der Waals surface area contributed by atoms with Crippen LogP contribution >= 0.6 is 0 Å². The molecular weight excluding hydrogens is 340 g/mol. The average molecular weight is 359 g/mol. The highest BCUT2D eigenvalue weighted by atomic mass is 19.1. The van der Waals surface area contributed by atoms with Crippen molar-refractivity contribution < 1.29 is 18.4 Å². The number of benzene rings is 2. The molecule has 136 valence electrons. The van der Waals surface area contributed by atoms with Crippen LogP contribution in [0.5, 0.6) is 0 Å². The molecule has 1 heterocycles. The SMILES string of the molecule is CCC(=O)N1CCc2ccc(NC(=O)Nc3c(F)cccc3F)cc2C1. The van der Waals surface area contributed by atoms with Gasteiger partial charge in [-0.2, -0.15) is 0 Å². The van der Waals surface area contributed by atoms with Gasteiger partial charge in [-0.05, 0) is 41.8 Å². The number of anilines is 2. The number of hydrogen-bond donors (Lipinski definition) is 2. The highest BCUT2D eigenvalue weighted by Gasteiger charge is 2.20. The van der Waals surface area contributed by atoms with Gasteiger partial charge in [0, 0.05) is 25.2 Å². The zero-order chi connectivity index (χ0) is 18.7. The van der Waals surface area contributed by atoms with Gasteiger partial charge in [-0.25, -0.2) is 13.6 Å². The molecule has 0 radical (unpaired) electrons. The first kappa shape index (κ1) is 17.8. The number of fused-ring (bicyclic) bond motifs is 1. The molecule has 2 N–H and O–H groups in total. The van der Waals surface area contributed by atoms with E-state index in [-0.39, 0.29) is 5.91 Å². The van der Waals surface area contributed by atoms with E-state index in [1.807, 2.05) is 13.0 Å². The van der Waals surface area contributed by atoms with Crippen molar-refractivity contribution >= 4 is 23.3 Å². The number of hydrogen-bond acceptors (Lipinski definition) is 2. The van der Waals surface area contributed by atoms with Crippen molar-refractivity contribution in [3.8, 4) is 0 Å². The van der Waals surface area contributed by atoms with E-state index in [2.05, 4.69) is 10.6 Å². The average Bonchev–Trinajstić information content (AvgIpc) is 2.63. The summed E-state index contributed by atoms with van der Waals surface area (Å²) in [7, 11) is 0. The number of carbonyl (C=O) groups is 2. The molecule has 1 aliphatic rings. The molecule has 2 aromatic rings. The molecule has 0 unspecified atom stereocenters. The summed E-state index contributed by atoms with van der Waals surface area (Å²) in [6.07, 6.45) is 1.21. The third kappa shape index (κ3) is 3.82. The maximum atomic E-state index is 13.6. The molecule has 3 rings (SSSR count). The predicted molar refractivity (Wildman–Crippen MR) is 94.9 cm³/mol. The number of carbonyl (C=O) groups excluding carboxylic acids is 2. The van der Waals surface area contributed by atoms with Gasteiger partial charge in [-0.15, -0.1) is 0 Å². The number of urea groups is 1. The Kier molecular flexibility index (Phi) is 5.16. The van der Waals surface area contributed by atoms with Gasteiger partial charge in [0.25, 0.3) is 0 Å². The Hall–Kier alpha value is -2.96. The molecule has 0 spiro atoms. The second-order valence-electron chi connectivity index (χ2n) is 6.08. The number of nitrogens with one attached hydrogen (secondary N) is 2. The summed E-state index contributed by atoms with van der Waals surface area (Å²) >= 11 is 0. The topological polar surface area (TPSA) is 61.4 Å². The van der Waals surface area contributed by atoms with E-state index in [0.717, 1.165) is 29.7 Å². The van der Waals surface area contributed by atoms with Crippen molar-refractivity contribution in [1.29, 1.82) is 0 Å². The van der Waals surface area contributed by atoms with Gasteiger partial charge in [-0.1, -0.05) is 19.1 Å². The summed E-state index contributed by atoms with van der Waals surface area (Å²) in [4.78, 5) is 25.7. The van der Waals surface area contributed by atoms with Crippen LogP contribution < -0.4 is 10.6 Å². The Labute approximate surface area is 150 Å². The molecule has 0 fully saturated rings. The lowest BCUT2D eigenvalue weighted by Crippen LogP contribution is -2.35. The second-order valence-corrected chi connectivity index (χ2v) is 6.08. The summed E-state index contributed by atoms with van der Waals surface area (Å²) in [5.41, 5.74) is 2.07. The maximum absolute atomic E-state index is 13.6. The van der Waals surface area contributed by atoms with Crippen molar-refractivity contribution in [2.24, 2.45) is 0 Å². The molecule has 3 amide bonds. The fourth-order valence-corrected chi connectivity index (χ4v) is 2.96. The molecule has 1 aliphatic heterocycles. The van der Waals surface area contributed by atoms with Crippen LogP contribution in [0.2, 0.25) is 0 Å². The van der Waals surface area contributed by atoms with Gasteiger partial charge in [-0.3, -0.25) is 4.79 Å². The standard InChI is InChI=1S/C19H19F2N3O2/c1-2-17(25)24-9-8-12-6-7-14(10-13(12)11-24)22-19(26)23-18-15(20)4-3-5-16(18)21/h3-7,10H,2,8-9,11H2,1H3,(H2,22,23,26). The Morgan fingerprint density at radius 3 is 2.50 bits per heavy atom. The van der Waals surface area contributed by atoms with Gasteiger partial charge >= 0.3 is 6.03 Å². The lowest BCUT2D eigenvalue weighted by Gasteiger charge is -2.29.